The van der Waals surface area contributed by atoms with Crippen molar-refractivity contribution in [2.45, 2.75) is 51.7 Å². The van der Waals surface area contributed by atoms with Crippen molar-refractivity contribution in [1.29, 1.82) is 0 Å². The number of hydrogen-bond acceptors (Lipinski definition) is 8. The molecule has 2 amide bonds. The minimum atomic E-state index is -1.50. The fourth-order valence-electron chi connectivity index (χ4n) is 3.47. The third kappa shape index (κ3) is 7.64. The Bertz CT molecular complexity index is 895. The summed E-state index contributed by atoms with van der Waals surface area (Å²) >= 11 is 0. The van der Waals surface area contributed by atoms with Crippen LogP contribution < -0.4 is 0 Å². The highest BCUT2D eigenvalue weighted by molar-refractivity contribution is 6.04. The number of rotatable bonds is 12. The van der Waals surface area contributed by atoms with E-state index in [0.29, 0.717) is 19.3 Å². The SMILES string of the molecule is CC(=O)O[C@@H](C(=O)C=CC(=O)CCCCO)[C@@H](C)C(=O)N1C(=O)OC[C@H]1Cc1ccccc1. The van der Waals surface area contributed by atoms with E-state index in [9.17, 15) is 24.0 Å². The lowest BCUT2D eigenvalue weighted by Gasteiger charge is -2.26. The quantitative estimate of drug-likeness (QED) is 0.286. The van der Waals surface area contributed by atoms with Crippen molar-refractivity contribution in [3.63, 3.8) is 0 Å². The van der Waals surface area contributed by atoms with E-state index in [1.54, 1.807) is 0 Å². The summed E-state index contributed by atoms with van der Waals surface area (Å²) in [6.45, 7) is 2.47. The number of ketones is 2. The molecule has 1 saturated heterocycles. The largest absolute Gasteiger partial charge is 0.453 e. The molecule has 0 radical (unpaired) electrons. The number of hydrogen-bond donors (Lipinski definition) is 1. The Hall–Kier alpha value is -3.33. The van der Waals surface area contributed by atoms with Gasteiger partial charge in [-0.05, 0) is 43.9 Å². The number of aliphatic hydroxyl groups is 1. The first-order valence-corrected chi connectivity index (χ1v) is 10.8. The summed E-state index contributed by atoms with van der Waals surface area (Å²) in [5, 5.41) is 8.78. The zero-order chi connectivity index (χ0) is 24.4. The van der Waals surface area contributed by atoms with Crippen molar-refractivity contribution in [1.82, 2.24) is 4.90 Å². The number of imide groups is 1. The fraction of sp³-hybridized carbons (Fsp3) is 0.458. The van der Waals surface area contributed by atoms with Crippen molar-refractivity contribution in [2.75, 3.05) is 13.2 Å². The first kappa shape index (κ1) is 25.9. The average Bonchev–Trinajstić information content (AvgIpc) is 3.15. The van der Waals surface area contributed by atoms with Crippen LogP contribution in [0.4, 0.5) is 4.79 Å². The number of benzene rings is 1. The fourth-order valence-corrected chi connectivity index (χ4v) is 3.47. The van der Waals surface area contributed by atoms with E-state index in [-0.39, 0.29) is 25.4 Å². The Kier molecular flexibility index (Phi) is 9.93. The molecule has 2 rings (SSSR count). The first-order valence-electron chi connectivity index (χ1n) is 10.8. The molecule has 0 unspecified atom stereocenters. The molecule has 1 aliphatic heterocycles. The molecule has 3 atom stereocenters. The lowest BCUT2D eigenvalue weighted by molar-refractivity contribution is -0.158. The molecular weight excluding hydrogens is 430 g/mol. The predicted molar refractivity (Wildman–Crippen MR) is 117 cm³/mol. The van der Waals surface area contributed by atoms with E-state index in [2.05, 4.69) is 0 Å². The van der Waals surface area contributed by atoms with Gasteiger partial charge in [0, 0.05) is 20.0 Å². The van der Waals surface area contributed by atoms with Crippen molar-refractivity contribution in [2.24, 2.45) is 5.92 Å². The van der Waals surface area contributed by atoms with Gasteiger partial charge in [-0.15, -0.1) is 0 Å². The molecular formula is C24H29NO8. The minimum Gasteiger partial charge on any atom is -0.453 e. The zero-order valence-electron chi connectivity index (χ0n) is 18.8. The summed E-state index contributed by atoms with van der Waals surface area (Å²) in [7, 11) is 0. The van der Waals surface area contributed by atoms with Gasteiger partial charge >= 0.3 is 12.1 Å². The molecule has 0 bridgehead atoms. The summed E-state index contributed by atoms with van der Waals surface area (Å²) in [6.07, 6.45) is 1.18. The summed E-state index contributed by atoms with van der Waals surface area (Å²) in [5.41, 5.74) is 0.904. The monoisotopic (exact) mass is 459 g/mol. The van der Waals surface area contributed by atoms with Crippen LogP contribution in [0, 0.1) is 5.92 Å². The highest BCUT2D eigenvalue weighted by Crippen LogP contribution is 2.23. The maximum absolute atomic E-state index is 13.2. The van der Waals surface area contributed by atoms with Crippen molar-refractivity contribution >= 4 is 29.5 Å². The molecule has 1 aromatic carbocycles. The number of allylic oxidation sites excluding steroid dienone is 1. The molecule has 0 saturated carbocycles. The van der Waals surface area contributed by atoms with E-state index in [0.717, 1.165) is 29.5 Å². The van der Waals surface area contributed by atoms with Gasteiger partial charge in [-0.2, -0.15) is 0 Å². The molecule has 1 aromatic rings. The molecule has 0 spiro atoms. The Morgan fingerprint density at radius 1 is 1.18 bits per heavy atom. The third-order valence-electron chi connectivity index (χ3n) is 5.19. The first-order chi connectivity index (χ1) is 15.7. The number of carbonyl (C=O) groups is 5. The van der Waals surface area contributed by atoms with Crippen LogP contribution in [0.25, 0.3) is 0 Å². The lowest BCUT2D eigenvalue weighted by atomic mass is 9.97. The Labute approximate surface area is 192 Å². The van der Waals surface area contributed by atoms with Gasteiger partial charge in [0.25, 0.3) is 0 Å². The second-order valence-electron chi connectivity index (χ2n) is 7.83. The number of aliphatic hydroxyl groups excluding tert-OH is 1. The number of cyclic esters (lactones) is 1. The Morgan fingerprint density at radius 3 is 2.52 bits per heavy atom. The van der Waals surface area contributed by atoms with Crippen molar-refractivity contribution in [3.05, 3.63) is 48.0 Å². The van der Waals surface area contributed by atoms with Crippen LogP contribution in [0.3, 0.4) is 0 Å². The normalized spacial score (nSPS) is 17.5. The molecule has 0 aliphatic carbocycles. The number of amides is 2. The molecule has 178 valence electrons. The number of esters is 1. The second-order valence-corrected chi connectivity index (χ2v) is 7.83. The second kappa shape index (κ2) is 12.6. The van der Waals surface area contributed by atoms with Gasteiger partial charge in [-0.3, -0.25) is 19.2 Å². The predicted octanol–water partition coefficient (Wildman–Crippen LogP) is 2.00. The zero-order valence-corrected chi connectivity index (χ0v) is 18.8. The van der Waals surface area contributed by atoms with Gasteiger partial charge in [-0.25, -0.2) is 9.69 Å². The number of nitrogens with zero attached hydrogens (tertiary/aromatic N) is 1. The summed E-state index contributed by atoms with van der Waals surface area (Å²) in [4.78, 5) is 62.6. The van der Waals surface area contributed by atoms with Gasteiger partial charge in [0.05, 0.1) is 12.0 Å². The maximum atomic E-state index is 13.2. The highest BCUT2D eigenvalue weighted by atomic mass is 16.6. The number of carbonyl (C=O) groups excluding carboxylic acids is 5. The maximum Gasteiger partial charge on any atom is 0.416 e. The van der Waals surface area contributed by atoms with Crippen LogP contribution in [0.5, 0.6) is 0 Å². The third-order valence-corrected chi connectivity index (χ3v) is 5.19. The summed E-state index contributed by atoms with van der Waals surface area (Å²) < 4.78 is 10.2. The van der Waals surface area contributed by atoms with Crippen molar-refractivity contribution in [3.8, 4) is 0 Å². The van der Waals surface area contributed by atoms with Gasteiger partial charge in [-0.1, -0.05) is 30.3 Å². The smallest absolute Gasteiger partial charge is 0.416 e. The van der Waals surface area contributed by atoms with Crippen LogP contribution in [0.1, 0.15) is 38.7 Å². The molecule has 33 heavy (non-hydrogen) atoms. The number of unbranched alkanes of at least 4 members (excludes halogenated alkanes) is 1. The summed E-state index contributed by atoms with van der Waals surface area (Å²) in [6, 6.07) is 8.70. The Morgan fingerprint density at radius 2 is 1.88 bits per heavy atom. The van der Waals surface area contributed by atoms with E-state index in [1.165, 1.54) is 6.92 Å². The molecule has 9 nitrogen and oxygen atoms in total. The summed E-state index contributed by atoms with van der Waals surface area (Å²) in [5.74, 6) is -3.74. The average molecular weight is 459 g/mol. The van der Waals surface area contributed by atoms with Crippen molar-refractivity contribution < 1.29 is 38.6 Å². The van der Waals surface area contributed by atoms with E-state index in [1.807, 2.05) is 30.3 Å². The van der Waals surface area contributed by atoms with Gasteiger partial charge in [0.1, 0.15) is 6.61 Å². The van der Waals surface area contributed by atoms with Crippen LogP contribution in [0.2, 0.25) is 0 Å². The van der Waals surface area contributed by atoms with Gasteiger partial charge < -0.3 is 14.6 Å². The van der Waals surface area contributed by atoms with Gasteiger partial charge in [0.15, 0.2) is 17.7 Å². The van der Waals surface area contributed by atoms with Crippen LogP contribution >= 0.6 is 0 Å². The highest BCUT2D eigenvalue weighted by Gasteiger charge is 2.43. The molecule has 1 fully saturated rings. The van der Waals surface area contributed by atoms with Crippen LogP contribution in [0.15, 0.2) is 42.5 Å². The molecule has 1 heterocycles. The minimum absolute atomic E-state index is 0.0145. The topological polar surface area (TPSA) is 127 Å². The van der Waals surface area contributed by atoms with E-state index >= 15 is 0 Å². The standard InChI is InChI=1S/C24H29NO8/c1-16(22(33-17(2)27)21(29)12-11-20(28)10-6-7-13-26)23(30)25-19(15-32-24(25)31)14-18-8-4-3-5-9-18/h3-5,8-9,11-12,16,19,22,26H,6-7,10,13-15H2,1-2H3/t16-,19-,22-/m1/s1. The molecule has 0 aromatic heterocycles. The van der Waals surface area contributed by atoms with Gasteiger partial charge in [0.2, 0.25) is 5.91 Å². The van der Waals surface area contributed by atoms with Crippen LogP contribution in [-0.2, 0) is 35.1 Å². The van der Waals surface area contributed by atoms with E-state index in [4.69, 9.17) is 14.6 Å². The molecule has 9 heteroatoms. The molecule has 1 aliphatic rings. The van der Waals surface area contributed by atoms with E-state index < -0.39 is 41.8 Å². The lowest BCUT2D eigenvalue weighted by Crippen LogP contribution is -2.48. The molecule has 1 N–H and O–H groups in total. The van der Waals surface area contributed by atoms with Crippen LogP contribution in [-0.4, -0.2) is 64.9 Å². The Balaban J connectivity index is 2.14. The number of ether oxygens (including phenoxy) is 2.